The summed E-state index contributed by atoms with van der Waals surface area (Å²) in [5.74, 6) is 0.863. The number of ether oxygens (including phenoxy) is 1. The van der Waals surface area contributed by atoms with Crippen molar-refractivity contribution in [2.24, 2.45) is 0 Å². The minimum absolute atomic E-state index is 0.863. The largest absolute Gasteiger partial charge is 0.540 e. The molecule has 1 nitrogen and oxygen atoms in total. The first-order valence-electron chi connectivity index (χ1n) is 8.90. The van der Waals surface area contributed by atoms with Crippen LogP contribution in [0.25, 0.3) is 10.9 Å². The van der Waals surface area contributed by atoms with Crippen molar-refractivity contribution < 1.29 is 4.74 Å². The van der Waals surface area contributed by atoms with Gasteiger partial charge in [0.2, 0.25) is 0 Å². The summed E-state index contributed by atoms with van der Waals surface area (Å²) in [6, 6.07) is 25.7. The SMILES string of the molecule is COc1ccc2c(c1)[P+]([S-])(c1ccccc1)C(c1cccs1)=C2c1cccs1. The number of hydrogen-bond donors (Lipinski definition) is 0. The summed E-state index contributed by atoms with van der Waals surface area (Å²) in [6.07, 6.45) is 0. The highest BCUT2D eigenvalue weighted by atomic mass is 32.7. The molecule has 28 heavy (non-hydrogen) atoms. The van der Waals surface area contributed by atoms with E-state index in [-0.39, 0.29) is 0 Å². The number of rotatable bonds is 4. The van der Waals surface area contributed by atoms with E-state index in [9.17, 15) is 0 Å². The third-order valence-electron chi connectivity index (χ3n) is 5.01. The van der Waals surface area contributed by atoms with E-state index in [4.69, 9.17) is 17.0 Å². The minimum atomic E-state index is -2.20. The molecular formula is C23H17OPS3. The Kier molecular flexibility index (Phi) is 4.68. The Hall–Kier alpha value is -1.84. The number of methoxy groups -OCH3 is 1. The molecule has 0 aliphatic carbocycles. The first-order valence-corrected chi connectivity index (χ1v) is 13.5. The van der Waals surface area contributed by atoms with Gasteiger partial charge in [0.15, 0.2) is 0 Å². The Morgan fingerprint density at radius 1 is 0.821 bits per heavy atom. The summed E-state index contributed by atoms with van der Waals surface area (Å²) in [5.41, 5.74) is 2.54. The van der Waals surface area contributed by atoms with Crippen molar-refractivity contribution in [3.05, 3.63) is 98.9 Å². The second-order valence-corrected chi connectivity index (χ2v) is 12.7. The minimum Gasteiger partial charge on any atom is -0.540 e. The van der Waals surface area contributed by atoms with E-state index in [0.29, 0.717) is 0 Å². The predicted molar refractivity (Wildman–Crippen MR) is 128 cm³/mol. The summed E-state index contributed by atoms with van der Waals surface area (Å²) in [6.45, 7) is -2.20. The first-order chi connectivity index (χ1) is 13.7. The van der Waals surface area contributed by atoms with E-state index in [0.717, 1.165) is 5.75 Å². The highest BCUT2D eigenvalue weighted by Gasteiger charge is 2.46. The lowest BCUT2D eigenvalue weighted by atomic mass is 10.0. The topological polar surface area (TPSA) is 9.23 Å². The van der Waals surface area contributed by atoms with Gasteiger partial charge in [0.25, 0.3) is 0 Å². The molecule has 3 heterocycles. The maximum atomic E-state index is 6.63. The summed E-state index contributed by atoms with van der Waals surface area (Å²) in [5, 5.41) is 8.06. The van der Waals surface area contributed by atoms with Crippen LogP contribution in [-0.2, 0) is 12.2 Å². The zero-order valence-electron chi connectivity index (χ0n) is 15.2. The first kappa shape index (κ1) is 18.2. The molecule has 5 heteroatoms. The summed E-state index contributed by atoms with van der Waals surface area (Å²) >= 11 is 10.2. The Bertz CT molecular complexity index is 1150. The van der Waals surface area contributed by atoms with Gasteiger partial charge in [0.05, 0.1) is 22.6 Å². The smallest absolute Gasteiger partial charge is 0.122 e. The Morgan fingerprint density at radius 2 is 1.54 bits per heavy atom. The van der Waals surface area contributed by atoms with Crippen molar-refractivity contribution in [2.45, 2.75) is 0 Å². The van der Waals surface area contributed by atoms with Gasteiger partial charge < -0.3 is 17.0 Å². The maximum absolute atomic E-state index is 6.63. The fourth-order valence-electron chi connectivity index (χ4n) is 3.78. The number of hydrogen-bond acceptors (Lipinski definition) is 4. The molecular weight excluding hydrogens is 419 g/mol. The van der Waals surface area contributed by atoms with Gasteiger partial charge in [-0.25, -0.2) is 0 Å². The molecule has 1 atom stereocenters. The van der Waals surface area contributed by atoms with Crippen LogP contribution in [0.3, 0.4) is 0 Å². The van der Waals surface area contributed by atoms with Gasteiger partial charge in [0.1, 0.15) is 11.1 Å². The van der Waals surface area contributed by atoms with Crippen molar-refractivity contribution in [2.75, 3.05) is 7.11 Å². The Labute approximate surface area is 178 Å². The Balaban J connectivity index is 1.91. The second kappa shape index (κ2) is 7.20. The van der Waals surface area contributed by atoms with Crippen LogP contribution >= 0.6 is 29.1 Å². The molecule has 0 amide bonds. The van der Waals surface area contributed by atoms with Crippen molar-refractivity contribution >= 4 is 62.9 Å². The monoisotopic (exact) mass is 436 g/mol. The average molecular weight is 437 g/mol. The van der Waals surface area contributed by atoms with E-state index in [1.54, 1.807) is 29.8 Å². The van der Waals surface area contributed by atoms with Crippen LogP contribution in [0.4, 0.5) is 0 Å². The molecule has 2 aromatic heterocycles. The van der Waals surface area contributed by atoms with E-state index < -0.39 is 6.46 Å². The molecule has 0 saturated heterocycles. The van der Waals surface area contributed by atoms with E-state index >= 15 is 0 Å². The van der Waals surface area contributed by atoms with Crippen LogP contribution in [0.15, 0.2) is 83.6 Å². The zero-order chi connectivity index (χ0) is 19.1. The van der Waals surface area contributed by atoms with Crippen LogP contribution in [-0.4, -0.2) is 7.11 Å². The molecule has 0 N–H and O–H groups in total. The molecule has 4 aromatic rings. The summed E-state index contributed by atoms with van der Waals surface area (Å²) in [7, 11) is 1.72. The fraction of sp³-hybridized carbons (Fsp3) is 0.0435. The summed E-state index contributed by atoms with van der Waals surface area (Å²) < 4.78 is 5.58. The zero-order valence-corrected chi connectivity index (χ0v) is 18.5. The molecule has 0 spiro atoms. The molecule has 5 rings (SSSR count). The molecule has 1 aliphatic rings. The highest BCUT2D eigenvalue weighted by molar-refractivity contribution is 8.52. The van der Waals surface area contributed by atoms with Crippen molar-refractivity contribution in [1.82, 2.24) is 0 Å². The Morgan fingerprint density at radius 3 is 2.18 bits per heavy atom. The van der Waals surface area contributed by atoms with E-state index in [1.165, 1.54) is 36.8 Å². The highest BCUT2D eigenvalue weighted by Crippen LogP contribution is 2.73. The van der Waals surface area contributed by atoms with Gasteiger partial charge in [-0.3, -0.25) is 0 Å². The lowest BCUT2D eigenvalue weighted by Gasteiger charge is -2.31. The fourth-order valence-corrected chi connectivity index (χ4v) is 10.6. The van der Waals surface area contributed by atoms with Crippen molar-refractivity contribution in [1.29, 1.82) is 0 Å². The lowest BCUT2D eigenvalue weighted by Crippen LogP contribution is -2.19. The average Bonchev–Trinajstić information content (AvgIpc) is 3.49. The molecule has 1 unspecified atom stereocenters. The molecule has 0 radical (unpaired) electrons. The molecule has 0 saturated carbocycles. The van der Waals surface area contributed by atoms with Gasteiger partial charge in [0, 0.05) is 22.1 Å². The van der Waals surface area contributed by atoms with Crippen LogP contribution in [0.5, 0.6) is 5.75 Å². The molecule has 1 aliphatic heterocycles. The van der Waals surface area contributed by atoms with Gasteiger partial charge in [-0.15, -0.1) is 22.7 Å². The third kappa shape index (κ3) is 2.71. The third-order valence-corrected chi connectivity index (χ3v) is 11.9. The van der Waals surface area contributed by atoms with Gasteiger partial charge in [-0.05, 0) is 53.6 Å². The van der Waals surface area contributed by atoms with Crippen molar-refractivity contribution in [3.8, 4) is 5.75 Å². The maximum Gasteiger partial charge on any atom is 0.122 e. The molecule has 2 aromatic carbocycles. The van der Waals surface area contributed by atoms with E-state index in [2.05, 4.69) is 83.6 Å². The van der Waals surface area contributed by atoms with Gasteiger partial charge >= 0.3 is 0 Å². The quantitative estimate of drug-likeness (QED) is 0.279. The predicted octanol–water partition coefficient (Wildman–Crippen LogP) is 6.18. The lowest BCUT2D eigenvalue weighted by molar-refractivity contribution is 0.415. The normalized spacial score (nSPS) is 18.4. The van der Waals surface area contributed by atoms with Gasteiger partial charge in [-0.1, -0.05) is 30.3 Å². The van der Waals surface area contributed by atoms with Gasteiger partial charge in [-0.2, -0.15) is 0 Å². The van der Waals surface area contributed by atoms with E-state index in [1.807, 2.05) is 0 Å². The molecule has 0 fully saturated rings. The van der Waals surface area contributed by atoms with Crippen molar-refractivity contribution in [3.63, 3.8) is 0 Å². The molecule has 0 bridgehead atoms. The standard InChI is InChI=1S/C23H17OPS3/c1-24-16-11-12-18-19(15-16)25(26,17-7-3-2-4-8-17)23(21-10-6-14-28-21)22(18)20-9-5-13-27-20/h2-15H,1H3. The number of thiophene rings is 2. The number of fused-ring (bicyclic) bond motifs is 1. The van der Waals surface area contributed by atoms with Crippen LogP contribution in [0.1, 0.15) is 15.3 Å². The van der Waals surface area contributed by atoms with Crippen LogP contribution < -0.4 is 15.3 Å². The summed E-state index contributed by atoms with van der Waals surface area (Å²) in [4.78, 5) is 2.54. The number of benzene rings is 2. The van der Waals surface area contributed by atoms with Crippen LogP contribution in [0, 0.1) is 0 Å². The molecule has 138 valence electrons. The van der Waals surface area contributed by atoms with Crippen LogP contribution in [0.2, 0.25) is 0 Å². The second-order valence-electron chi connectivity index (χ2n) is 6.51.